The molecule has 0 radical (unpaired) electrons. The zero-order valence-electron chi connectivity index (χ0n) is 19.6. The predicted octanol–water partition coefficient (Wildman–Crippen LogP) is 3.37. The Morgan fingerprint density at radius 1 is 1.03 bits per heavy atom. The Kier molecular flexibility index (Phi) is 8.51. The van der Waals surface area contributed by atoms with Crippen molar-refractivity contribution in [3.8, 4) is 11.5 Å². The van der Waals surface area contributed by atoms with Gasteiger partial charge < -0.3 is 19.5 Å². The number of sulfonamides is 1. The minimum Gasteiger partial charge on any atom is -0.493 e. The van der Waals surface area contributed by atoms with Crippen molar-refractivity contribution in [2.75, 3.05) is 38.7 Å². The molecule has 0 saturated carbocycles. The summed E-state index contributed by atoms with van der Waals surface area (Å²) in [6, 6.07) is 9.21. The number of piperidine rings is 1. The van der Waals surface area contributed by atoms with Crippen LogP contribution in [0.3, 0.4) is 0 Å². The van der Waals surface area contributed by atoms with Crippen molar-refractivity contribution in [3.05, 3.63) is 47.5 Å². The van der Waals surface area contributed by atoms with E-state index in [1.54, 1.807) is 19.1 Å². The van der Waals surface area contributed by atoms with E-state index in [0.29, 0.717) is 42.4 Å². The topological polar surface area (TPSA) is 111 Å². The molecule has 1 fully saturated rings. The molecule has 1 amide bonds. The molecule has 1 aliphatic rings. The van der Waals surface area contributed by atoms with Gasteiger partial charge in [-0.25, -0.2) is 13.2 Å². The fourth-order valence-electron chi connectivity index (χ4n) is 3.62. The standard InChI is InChI=1S/C24H30N2O7S/c1-4-32-21-11-9-18(14-22(21)31-3)24(28)33-16-23(27)25-20-15-19(10-8-17(20)2)34(29,30)26-12-6-5-7-13-26/h8-11,14-15H,4-7,12-13,16H2,1-3H3,(H,25,27). The normalized spacial score (nSPS) is 14.3. The van der Waals surface area contributed by atoms with Gasteiger partial charge in [-0.1, -0.05) is 12.5 Å². The van der Waals surface area contributed by atoms with Crippen LogP contribution in [0.2, 0.25) is 0 Å². The first-order valence-corrected chi connectivity index (χ1v) is 12.6. The van der Waals surface area contributed by atoms with Crippen molar-refractivity contribution in [1.29, 1.82) is 0 Å². The highest BCUT2D eigenvalue weighted by Crippen LogP contribution is 2.28. The van der Waals surface area contributed by atoms with Gasteiger partial charge in [0.2, 0.25) is 10.0 Å². The average molecular weight is 491 g/mol. The number of hydrogen-bond acceptors (Lipinski definition) is 7. The fraction of sp³-hybridized carbons (Fsp3) is 0.417. The number of aryl methyl sites for hydroxylation is 1. The van der Waals surface area contributed by atoms with Crippen LogP contribution in [0, 0.1) is 6.92 Å². The van der Waals surface area contributed by atoms with Crippen LogP contribution in [0.1, 0.15) is 42.1 Å². The number of anilines is 1. The summed E-state index contributed by atoms with van der Waals surface area (Å²) in [5, 5.41) is 2.64. The number of carbonyl (C=O) groups excluding carboxylic acids is 2. The molecular formula is C24H30N2O7S. The largest absolute Gasteiger partial charge is 0.493 e. The summed E-state index contributed by atoms with van der Waals surface area (Å²) in [5.74, 6) is -0.409. The third-order valence-corrected chi connectivity index (χ3v) is 7.36. The Bertz CT molecular complexity index is 1140. The number of esters is 1. The Morgan fingerprint density at radius 3 is 2.44 bits per heavy atom. The quantitative estimate of drug-likeness (QED) is 0.537. The van der Waals surface area contributed by atoms with E-state index in [1.807, 2.05) is 6.92 Å². The number of nitrogens with zero attached hydrogens (tertiary/aromatic N) is 1. The molecule has 1 saturated heterocycles. The van der Waals surface area contributed by atoms with Gasteiger partial charge in [0.1, 0.15) is 0 Å². The number of methoxy groups -OCH3 is 1. The Morgan fingerprint density at radius 2 is 1.76 bits per heavy atom. The Labute approximate surface area is 200 Å². The maximum Gasteiger partial charge on any atom is 0.338 e. The first kappa shape index (κ1) is 25.5. The van der Waals surface area contributed by atoms with Crippen LogP contribution in [0.5, 0.6) is 11.5 Å². The van der Waals surface area contributed by atoms with Crippen LogP contribution in [0.4, 0.5) is 5.69 Å². The van der Waals surface area contributed by atoms with Crippen molar-refractivity contribution >= 4 is 27.6 Å². The maximum absolute atomic E-state index is 13.0. The molecule has 0 spiro atoms. The third kappa shape index (κ3) is 6.06. The molecule has 0 atom stereocenters. The molecule has 1 aliphatic heterocycles. The molecule has 0 unspecified atom stereocenters. The van der Waals surface area contributed by atoms with E-state index in [1.165, 1.54) is 35.7 Å². The molecule has 1 heterocycles. The van der Waals surface area contributed by atoms with Gasteiger partial charge in [0.25, 0.3) is 5.91 Å². The number of nitrogens with one attached hydrogen (secondary N) is 1. The summed E-state index contributed by atoms with van der Waals surface area (Å²) in [7, 11) is -2.18. The van der Waals surface area contributed by atoms with Gasteiger partial charge in [-0.2, -0.15) is 4.31 Å². The summed E-state index contributed by atoms with van der Waals surface area (Å²) in [6.45, 7) is 4.48. The minimum absolute atomic E-state index is 0.119. The number of hydrogen-bond donors (Lipinski definition) is 1. The maximum atomic E-state index is 13.0. The zero-order valence-corrected chi connectivity index (χ0v) is 20.4. The van der Waals surface area contributed by atoms with Crippen molar-refractivity contribution in [1.82, 2.24) is 4.31 Å². The molecule has 10 heteroatoms. The minimum atomic E-state index is -3.64. The molecule has 3 rings (SSSR count). The predicted molar refractivity (Wildman–Crippen MR) is 127 cm³/mol. The highest BCUT2D eigenvalue weighted by molar-refractivity contribution is 7.89. The van der Waals surface area contributed by atoms with Crippen LogP contribution in [-0.4, -0.2) is 58.0 Å². The van der Waals surface area contributed by atoms with Gasteiger partial charge in [-0.15, -0.1) is 0 Å². The second-order valence-electron chi connectivity index (χ2n) is 7.86. The van der Waals surface area contributed by atoms with Crippen molar-refractivity contribution in [2.24, 2.45) is 0 Å². The van der Waals surface area contributed by atoms with E-state index >= 15 is 0 Å². The third-order valence-electron chi connectivity index (χ3n) is 5.47. The summed E-state index contributed by atoms with van der Waals surface area (Å²) in [5.41, 5.74) is 1.24. The van der Waals surface area contributed by atoms with Gasteiger partial charge in [0, 0.05) is 18.8 Å². The van der Waals surface area contributed by atoms with E-state index < -0.39 is 28.5 Å². The summed E-state index contributed by atoms with van der Waals surface area (Å²) in [4.78, 5) is 24.9. The van der Waals surface area contributed by atoms with Crippen molar-refractivity contribution in [2.45, 2.75) is 38.0 Å². The van der Waals surface area contributed by atoms with E-state index in [0.717, 1.165) is 19.3 Å². The molecule has 2 aromatic carbocycles. The second-order valence-corrected chi connectivity index (χ2v) is 9.80. The number of rotatable bonds is 9. The zero-order chi connectivity index (χ0) is 24.7. The molecule has 0 aromatic heterocycles. The lowest BCUT2D eigenvalue weighted by Crippen LogP contribution is -2.35. The molecule has 1 N–H and O–H groups in total. The van der Waals surface area contributed by atoms with Crippen LogP contribution >= 0.6 is 0 Å². The average Bonchev–Trinajstić information content (AvgIpc) is 2.84. The second kappa shape index (κ2) is 11.3. The molecule has 0 aliphatic carbocycles. The number of benzene rings is 2. The highest BCUT2D eigenvalue weighted by atomic mass is 32.2. The number of carbonyl (C=O) groups is 2. The lowest BCUT2D eigenvalue weighted by molar-refractivity contribution is -0.119. The van der Waals surface area contributed by atoms with Crippen LogP contribution in [0.25, 0.3) is 0 Å². The molecule has 0 bridgehead atoms. The molecule has 184 valence electrons. The SMILES string of the molecule is CCOc1ccc(C(=O)OCC(=O)Nc2cc(S(=O)(=O)N3CCCCC3)ccc2C)cc1OC. The fourth-order valence-corrected chi connectivity index (χ4v) is 5.16. The van der Waals surface area contributed by atoms with Gasteiger partial charge in [0.05, 0.1) is 24.2 Å². The lowest BCUT2D eigenvalue weighted by atomic mass is 10.2. The van der Waals surface area contributed by atoms with Gasteiger partial charge >= 0.3 is 5.97 Å². The number of ether oxygens (including phenoxy) is 3. The summed E-state index contributed by atoms with van der Waals surface area (Å²) >= 11 is 0. The smallest absolute Gasteiger partial charge is 0.338 e. The van der Waals surface area contributed by atoms with Crippen LogP contribution in [0.15, 0.2) is 41.3 Å². The van der Waals surface area contributed by atoms with E-state index in [4.69, 9.17) is 14.2 Å². The van der Waals surface area contributed by atoms with Gasteiger partial charge in [-0.05, 0) is 62.6 Å². The van der Waals surface area contributed by atoms with Crippen LogP contribution < -0.4 is 14.8 Å². The van der Waals surface area contributed by atoms with E-state index in [9.17, 15) is 18.0 Å². The molecule has 2 aromatic rings. The summed E-state index contributed by atoms with van der Waals surface area (Å²) in [6.07, 6.45) is 2.68. The lowest BCUT2D eigenvalue weighted by Gasteiger charge is -2.26. The van der Waals surface area contributed by atoms with Gasteiger partial charge in [-0.3, -0.25) is 4.79 Å². The van der Waals surface area contributed by atoms with Crippen molar-refractivity contribution in [3.63, 3.8) is 0 Å². The van der Waals surface area contributed by atoms with E-state index in [-0.39, 0.29) is 10.5 Å². The number of amides is 1. The summed E-state index contributed by atoms with van der Waals surface area (Å²) < 4.78 is 43.1. The first-order chi connectivity index (χ1) is 16.3. The van der Waals surface area contributed by atoms with Crippen molar-refractivity contribution < 1.29 is 32.2 Å². The van der Waals surface area contributed by atoms with E-state index in [2.05, 4.69) is 5.32 Å². The molecule has 9 nitrogen and oxygen atoms in total. The monoisotopic (exact) mass is 490 g/mol. The highest BCUT2D eigenvalue weighted by Gasteiger charge is 2.26. The Hall–Kier alpha value is -3.11. The van der Waals surface area contributed by atoms with Gasteiger partial charge in [0.15, 0.2) is 18.1 Å². The first-order valence-electron chi connectivity index (χ1n) is 11.1. The Balaban J connectivity index is 1.65. The molecule has 34 heavy (non-hydrogen) atoms. The molecular weight excluding hydrogens is 460 g/mol. The van der Waals surface area contributed by atoms with Crippen LogP contribution in [-0.2, 0) is 19.6 Å².